The quantitative estimate of drug-likeness (QED) is 0.842. The first kappa shape index (κ1) is 18.6. The van der Waals surface area contributed by atoms with Gasteiger partial charge in [0.25, 0.3) is 0 Å². The summed E-state index contributed by atoms with van der Waals surface area (Å²) in [5, 5.41) is 13.5. The average Bonchev–Trinajstić information content (AvgIpc) is 2.53. The third kappa shape index (κ3) is 4.32. The van der Waals surface area contributed by atoms with Gasteiger partial charge in [0.1, 0.15) is 29.6 Å². The first-order chi connectivity index (χ1) is 11.7. The van der Waals surface area contributed by atoms with Gasteiger partial charge in [-0.2, -0.15) is 0 Å². The molecule has 2 N–H and O–H groups in total. The highest BCUT2D eigenvalue weighted by atomic mass is 32.2. The number of carbonyl (C=O) groups is 1. The number of hydrogen-bond acceptors (Lipinski definition) is 6. The van der Waals surface area contributed by atoms with Gasteiger partial charge in [-0.3, -0.25) is 4.79 Å². The van der Waals surface area contributed by atoms with Crippen molar-refractivity contribution in [3.63, 3.8) is 0 Å². The van der Waals surface area contributed by atoms with E-state index in [0.717, 1.165) is 4.90 Å². The van der Waals surface area contributed by atoms with Crippen molar-refractivity contribution >= 4 is 17.7 Å². The Hall–Kier alpha value is -1.19. The minimum Gasteiger partial charge on any atom is -0.388 e. The number of fused-ring (bicyclic) bond motifs is 1. The molecule has 5 atom stereocenters. The number of nitrogens with one attached hydrogen (secondary N) is 1. The molecule has 0 saturated carbocycles. The van der Waals surface area contributed by atoms with Crippen LogP contribution in [-0.4, -0.2) is 53.2 Å². The number of thioether (sulfide) groups is 1. The Bertz CT molecular complexity index is 626. The number of benzene rings is 1. The van der Waals surface area contributed by atoms with Gasteiger partial charge in [0.15, 0.2) is 5.79 Å². The molecule has 0 spiro atoms. The highest BCUT2D eigenvalue weighted by molar-refractivity contribution is 7.99. The molecule has 0 aromatic heterocycles. The van der Waals surface area contributed by atoms with E-state index in [-0.39, 0.29) is 18.3 Å². The van der Waals surface area contributed by atoms with E-state index in [4.69, 9.17) is 14.2 Å². The zero-order chi connectivity index (χ0) is 18.2. The molecule has 2 saturated heterocycles. The minimum atomic E-state index is -0.955. The Morgan fingerprint density at radius 3 is 2.68 bits per heavy atom. The van der Waals surface area contributed by atoms with Crippen molar-refractivity contribution in [3.8, 4) is 0 Å². The van der Waals surface area contributed by atoms with Crippen molar-refractivity contribution < 1.29 is 28.5 Å². The van der Waals surface area contributed by atoms with Gasteiger partial charge < -0.3 is 24.6 Å². The highest BCUT2D eigenvalue weighted by Crippen LogP contribution is 2.38. The number of halogens is 1. The molecule has 0 radical (unpaired) electrons. The maximum Gasteiger partial charge on any atom is 0.217 e. The Morgan fingerprint density at radius 1 is 1.36 bits per heavy atom. The summed E-state index contributed by atoms with van der Waals surface area (Å²) in [4.78, 5) is 12.4. The molecule has 2 heterocycles. The van der Waals surface area contributed by atoms with E-state index in [1.807, 2.05) is 0 Å². The summed E-state index contributed by atoms with van der Waals surface area (Å²) in [6.07, 6.45) is -2.01. The van der Waals surface area contributed by atoms with Crippen molar-refractivity contribution in [2.24, 2.45) is 0 Å². The van der Waals surface area contributed by atoms with Gasteiger partial charge in [-0.05, 0) is 38.1 Å². The van der Waals surface area contributed by atoms with Crippen LogP contribution < -0.4 is 5.32 Å². The molecule has 5 unspecified atom stereocenters. The third-order valence-electron chi connectivity index (χ3n) is 4.12. The SMILES string of the molecule is CC(=O)NC1C(Sc2ccc(F)cc2)OC2COC(C)(C)OC2C1O. The highest BCUT2D eigenvalue weighted by Gasteiger charge is 2.51. The smallest absolute Gasteiger partial charge is 0.217 e. The standard InChI is InChI=1S/C17H22FNO5S/c1-9(20)19-13-14(21)15-12(8-22-17(2,3)24-15)23-16(13)25-11-6-4-10(18)5-7-11/h4-7,12-16,21H,8H2,1-3H3,(H,19,20). The van der Waals surface area contributed by atoms with Crippen LogP contribution in [0.1, 0.15) is 20.8 Å². The number of carbonyl (C=O) groups excluding carboxylic acids is 1. The third-order valence-corrected chi connectivity index (χ3v) is 5.30. The molecule has 3 rings (SSSR count). The Morgan fingerprint density at radius 2 is 2.04 bits per heavy atom. The van der Waals surface area contributed by atoms with Crippen LogP contribution in [0.25, 0.3) is 0 Å². The second-order valence-corrected chi connectivity index (χ2v) is 7.80. The van der Waals surface area contributed by atoms with E-state index in [1.54, 1.807) is 26.0 Å². The monoisotopic (exact) mass is 371 g/mol. The fourth-order valence-corrected chi connectivity index (χ4v) is 4.12. The van der Waals surface area contributed by atoms with Crippen LogP contribution >= 0.6 is 11.8 Å². The summed E-state index contributed by atoms with van der Waals surface area (Å²) < 4.78 is 30.6. The van der Waals surface area contributed by atoms with Crippen LogP contribution in [0.5, 0.6) is 0 Å². The molecule has 6 nitrogen and oxygen atoms in total. The maximum atomic E-state index is 13.1. The first-order valence-electron chi connectivity index (χ1n) is 8.10. The number of rotatable bonds is 3. The van der Waals surface area contributed by atoms with Crippen LogP contribution in [0.2, 0.25) is 0 Å². The zero-order valence-corrected chi connectivity index (χ0v) is 15.1. The van der Waals surface area contributed by atoms with Gasteiger partial charge in [0.2, 0.25) is 5.91 Å². The van der Waals surface area contributed by atoms with E-state index in [2.05, 4.69) is 5.32 Å². The summed E-state index contributed by atoms with van der Waals surface area (Å²) in [6, 6.07) is 5.30. The Balaban J connectivity index is 1.80. The number of hydrogen-bond donors (Lipinski definition) is 2. The number of aliphatic hydroxyl groups is 1. The number of aliphatic hydroxyl groups excluding tert-OH is 1. The summed E-state index contributed by atoms with van der Waals surface area (Å²) >= 11 is 1.31. The molecule has 138 valence electrons. The van der Waals surface area contributed by atoms with E-state index in [9.17, 15) is 14.3 Å². The predicted molar refractivity (Wildman–Crippen MR) is 89.4 cm³/mol. The summed E-state index contributed by atoms with van der Waals surface area (Å²) in [5.41, 5.74) is -0.556. The summed E-state index contributed by atoms with van der Waals surface area (Å²) in [6.45, 7) is 5.20. The average molecular weight is 371 g/mol. The van der Waals surface area contributed by atoms with Crippen LogP contribution in [0.4, 0.5) is 4.39 Å². The van der Waals surface area contributed by atoms with E-state index in [0.29, 0.717) is 0 Å². The zero-order valence-electron chi connectivity index (χ0n) is 14.3. The maximum absolute atomic E-state index is 13.1. The molecule has 1 amide bonds. The molecule has 0 aliphatic carbocycles. The summed E-state index contributed by atoms with van der Waals surface area (Å²) in [7, 11) is 0. The predicted octanol–water partition coefficient (Wildman–Crippen LogP) is 1.66. The second-order valence-electron chi connectivity index (χ2n) is 6.62. The summed E-state index contributed by atoms with van der Waals surface area (Å²) in [5.74, 6) is -1.44. The number of amides is 1. The molecule has 2 fully saturated rings. The lowest BCUT2D eigenvalue weighted by molar-refractivity contribution is -0.341. The van der Waals surface area contributed by atoms with Crippen LogP contribution in [-0.2, 0) is 19.0 Å². The second kappa shape index (κ2) is 7.20. The van der Waals surface area contributed by atoms with E-state index >= 15 is 0 Å². The van der Waals surface area contributed by atoms with Crippen LogP contribution in [0.15, 0.2) is 29.2 Å². The fraction of sp³-hybridized carbons (Fsp3) is 0.588. The van der Waals surface area contributed by atoms with Crippen LogP contribution in [0, 0.1) is 5.82 Å². The minimum absolute atomic E-state index is 0.276. The van der Waals surface area contributed by atoms with Crippen molar-refractivity contribution in [2.75, 3.05) is 6.61 Å². The van der Waals surface area contributed by atoms with Gasteiger partial charge in [-0.1, -0.05) is 11.8 Å². The molecule has 1 aromatic carbocycles. The topological polar surface area (TPSA) is 77.0 Å². The fourth-order valence-electron chi connectivity index (χ4n) is 2.98. The van der Waals surface area contributed by atoms with E-state index < -0.39 is 35.6 Å². The first-order valence-corrected chi connectivity index (χ1v) is 8.98. The van der Waals surface area contributed by atoms with Crippen molar-refractivity contribution in [1.82, 2.24) is 5.32 Å². The lowest BCUT2D eigenvalue weighted by atomic mass is 9.96. The molecule has 2 aliphatic heterocycles. The number of ether oxygens (including phenoxy) is 3. The molecular formula is C17H22FNO5S. The van der Waals surface area contributed by atoms with Crippen molar-refractivity contribution in [1.29, 1.82) is 0 Å². The molecular weight excluding hydrogens is 349 g/mol. The molecule has 25 heavy (non-hydrogen) atoms. The normalized spacial score (nSPS) is 34.2. The largest absolute Gasteiger partial charge is 0.388 e. The lowest BCUT2D eigenvalue weighted by Gasteiger charge is -2.49. The van der Waals surface area contributed by atoms with E-state index in [1.165, 1.54) is 30.8 Å². The molecule has 1 aromatic rings. The Labute approximate surface area is 150 Å². The van der Waals surface area contributed by atoms with Gasteiger partial charge in [-0.25, -0.2) is 4.39 Å². The lowest BCUT2D eigenvalue weighted by Crippen LogP contribution is -2.67. The van der Waals surface area contributed by atoms with Crippen molar-refractivity contribution in [2.45, 2.75) is 61.2 Å². The Kier molecular flexibility index (Phi) is 5.36. The van der Waals surface area contributed by atoms with Crippen molar-refractivity contribution in [3.05, 3.63) is 30.1 Å². The van der Waals surface area contributed by atoms with Gasteiger partial charge in [0.05, 0.1) is 12.6 Å². The molecule has 8 heteroatoms. The van der Waals surface area contributed by atoms with Crippen LogP contribution in [0.3, 0.4) is 0 Å². The molecule has 0 bridgehead atoms. The molecule has 2 aliphatic rings. The van der Waals surface area contributed by atoms with Gasteiger partial charge in [0, 0.05) is 11.8 Å². The van der Waals surface area contributed by atoms with Gasteiger partial charge >= 0.3 is 0 Å². The van der Waals surface area contributed by atoms with Gasteiger partial charge in [-0.15, -0.1) is 0 Å².